The molecule has 1 aromatic carbocycles. The molecule has 1 saturated heterocycles. The van der Waals surface area contributed by atoms with Gasteiger partial charge in [-0.15, -0.1) is 0 Å². The van der Waals surface area contributed by atoms with Gasteiger partial charge in [-0.05, 0) is 30.8 Å². The molecule has 0 amide bonds. The molecule has 0 aliphatic carbocycles. The fourth-order valence-corrected chi connectivity index (χ4v) is 3.33. The van der Waals surface area contributed by atoms with Crippen LogP contribution in [0.1, 0.15) is 6.42 Å². The van der Waals surface area contributed by atoms with Gasteiger partial charge in [-0.1, -0.05) is 18.2 Å². The minimum atomic E-state index is 0.425. The maximum Gasteiger partial charge on any atom is 0.234 e. The largest absolute Gasteiger partial charge is 0.481 e. The van der Waals surface area contributed by atoms with E-state index in [4.69, 9.17) is 21.7 Å². The summed E-state index contributed by atoms with van der Waals surface area (Å²) >= 11 is 5.33. The van der Waals surface area contributed by atoms with E-state index < -0.39 is 0 Å². The minimum Gasteiger partial charge on any atom is -0.481 e. The van der Waals surface area contributed by atoms with E-state index in [0.29, 0.717) is 23.5 Å². The molecule has 1 aliphatic rings. The highest BCUT2D eigenvalue weighted by Gasteiger charge is 2.20. The number of rotatable bonds is 8. The van der Waals surface area contributed by atoms with Crippen LogP contribution in [-0.2, 0) is 4.74 Å². The minimum absolute atomic E-state index is 0.425. The monoisotopic (exact) mass is 416 g/mol. The lowest BCUT2D eigenvalue weighted by atomic mass is 10.2. The summed E-state index contributed by atoms with van der Waals surface area (Å²) in [7, 11) is 3.28. The smallest absolute Gasteiger partial charge is 0.234 e. The van der Waals surface area contributed by atoms with Crippen molar-refractivity contribution < 1.29 is 9.47 Å². The molecular formula is C20H28N6O2S. The van der Waals surface area contributed by atoms with E-state index in [9.17, 15) is 0 Å². The third-order valence-electron chi connectivity index (χ3n) is 4.66. The fourth-order valence-electron chi connectivity index (χ4n) is 3.13. The summed E-state index contributed by atoms with van der Waals surface area (Å²) < 4.78 is 10.4. The van der Waals surface area contributed by atoms with Crippen molar-refractivity contribution in [1.29, 1.82) is 0 Å². The highest BCUT2D eigenvalue weighted by Crippen LogP contribution is 2.23. The molecule has 156 valence electrons. The summed E-state index contributed by atoms with van der Waals surface area (Å²) in [5.41, 5.74) is 1.25. The molecule has 0 atom stereocenters. The Morgan fingerprint density at radius 1 is 1.07 bits per heavy atom. The molecule has 0 spiro atoms. The quantitative estimate of drug-likeness (QED) is 0.497. The lowest BCUT2D eigenvalue weighted by Crippen LogP contribution is -2.46. The summed E-state index contributed by atoms with van der Waals surface area (Å²) in [5, 5.41) is 6.65. The van der Waals surface area contributed by atoms with Gasteiger partial charge in [0.2, 0.25) is 11.8 Å². The predicted octanol–water partition coefficient (Wildman–Crippen LogP) is 2.13. The van der Waals surface area contributed by atoms with Crippen molar-refractivity contribution in [2.45, 2.75) is 6.42 Å². The lowest BCUT2D eigenvalue weighted by Gasteiger charge is -2.36. The highest BCUT2D eigenvalue weighted by molar-refractivity contribution is 7.80. The van der Waals surface area contributed by atoms with Crippen LogP contribution >= 0.6 is 12.2 Å². The number of methoxy groups -OCH3 is 2. The topological polar surface area (TPSA) is 74.8 Å². The molecule has 3 rings (SSSR count). The zero-order chi connectivity index (χ0) is 20.5. The number of para-hydroxylation sites is 1. The molecule has 1 aromatic heterocycles. The molecule has 8 nitrogen and oxygen atoms in total. The second-order valence-corrected chi connectivity index (χ2v) is 7.04. The predicted molar refractivity (Wildman–Crippen MR) is 120 cm³/mol. The highest BCUT2D eigenvalue weighted by atomic mass is 32.1. The van der Waals surface area contributed by atoms with Gasteiger partial charge in [0, 0.05) is 58.2 Å². The van der Waals surface area contributed by atoms with Crippen LogP contribution < -0.4 is 25.2 Å². The van der Waals surface area contributed by atoms with Crippen LogP contribution in [0.4, 0.5) is 17.5 Å². The van der Waals surface area contributed by atoms with Crippen molar-refractivity contribution in [1.82, 2.24) is 15.3 Å². The van der Waals surface area contributed by atoms with Crippen molar-refractivity contribution in [2.75, 3.05) is 68.7 Å². The van der Waals surface area contributed by atoms with Crippen LogP contribution in [0.2, 0.25) is 0 Å². The van der Waals surface area contributed by atoms with E-state index >= 15 is 0 Å². The van der Waals surface area contributed by atoms with Crippen molar-refractivity contribution in [3.63, 3.8) is 0 Å². The number of nitrogens with zero attached hydrogens (tertiary/aromatic N) is 4. The van der Waals surface area contributed by atoms with Crippen molar-refractivity contribution in [2.24, 2.45) is 0 Å². The van der Waals surface area contributed by atoms with Crippen LogP contribution in [-0.4, -0.2) is 68.6 Å². The molecule has 9 heteroatoms. The van der Waals surface area contributed by atoms with Gasteiger partial charge >= 0.3 is 0 Å². The van der Waals surface area contributed by atoms with Crippen LogP contribution in [0.3, 0.4) is 0 Å². The average Bonchev–Trinajstić information content (AvgIpc) is 2.77. The number of anilines is 3. The standard InChI is InChI=1S/C20H28N6O2S/c1-27-14-6-9-21-20(29)24-19-22-17(15-18(23-19)28-2)26-12-10-25(11-13-26)16-7-4-3-5-8-16/h3-5,7-8,15H,6,9-14H2,1-2H3,(H2,21,22,23,24,29). The Morgan fingerprint density at radius 2 is 1.79 bits per heavy atom. The van der Waals surface area contributed by atoms with Gasteiger partial charge in [0.25, 0.3) is 0 Å². The van der Waals surface area contributed by atoms with E-state index in [1.165, 1.54) is 5.69 Å². The van der Waals surface area contributed by atoms with Crippen LogP contribution in [0.15, 0.2) is 36.4 Å². The number of benzene rings is 1. The van der Waals surface area contributed by atoms with Gasteiger partial charge < -0.3 is 29.9 Å². The molecule has 2 aromatic rings. The van der Waals surface area contributed by atoms with Gasteiger partial charge in [0.1, 0.15) is 5.82 Å². The number of thiocarbonyl (C=S) groups is 1. The zero-order valence-electron chi connectivity index (χ0n) is 16.9. The Labute approximate surface area is 177 Å². The maximum absolute atomic E-state index is 5.36. The lowest BCUT2D eigenvalue weighted by molar-refractivity contribution is 0.196. The number of hydrogen-bond acceptors (Lipinski definition) is 7. The molecule has 2 heterocycles. The first-order chi connectivity index (χ1) is 14.2. The first-order valence-electron chi connectivity index (χ1n) is 9.71. The van der Waals surface area contributed by atoms with Crippen molar-refractivity contribution in [3.8, 4) is 5.88 Å². The molecule has 0 bridgehead atoms. The Balaban J connectivity index is 1.61. The van der Waals surface area contributed by atoms with Gasteiger partial charge in [-0.3, -0.25) is 0 Å². The van der Waals surface area contributed by atoms with Gasteiger partial charge in [0.15, 0.2) is 5.11 Å². The second-order valence-electron chi connectivity index (χ2n) is 6.63. The SMILES string of the molecule is COCCCNC(=S)Nc1nc(OC)cc(N2CCN(c3ccccc3)CC2)n1. The van der Waals surface area contributed by atoms with Crippen molar-refractivity contribution >= 4 is 34.8 Å². The number of piperazine rings is 1. The average molecular weight is 417 g/mol. The summed E-state index contributed by atoms with van der Waals surface area (Å²) in [6, 6.07) is 12.3. The molecule has 1 fully saturated rings. The molecular weight excluding hydrogens is 388 g/mol. The van der Waals surface area contributed by atoms with Crippen molar-refractivity contribution in [3.05, 3.63) is 36.4 Å². The molecule has 0 saturated carbocycles. The van der Waals surface area contributed by atoms with Gasteiger partial charge in [0.05, 0.1) is 7.11 Å². The number of nitrogens with one attached hydrogen (secondary N) is 2. The number of ether oxygens (including phenoxy) is 2. The Hall–Kier alpha value is -2.65. The van der Waals surface area contributed by atoms with E-state index in [1.54, 1.807) is 14.2 Å². The Bertz CT molecular complexity index is 784. The third kappa shape index (κ3) is 6.16. The zero-order valence-corrected chi connectivity index (χ0v) is 17.7. The summed E-state index contributed by atoms with van der Waals surface area (Å²) in [6.07, 6.45) is 0.869. The first-order valence-corrected chi connectivity index (χ1v) is 10.1. The van der Waals surface area contributed by atoms with E-state index in [1.807, 2.05) is 12.1 Å². The van der Waals surface area contributed by atoms with E-state index in [0.717, 1.165) is 45.0 Å². The van der Waals surface area contributed by atoms with Crippen LogP contribution in [0, 0.1) is 0 Å². The summed E-state index contributed by atoms with van der Waals surface area (Å²) in [5.74, 6) is 1.76. The van der Waals surface area contributed by atoms with Gasteiger partial charge in [-0.25, -0.2) is 0 Å². The number of aromatic nitrogens is 2. The van der Waals surface area contributed by atoms with Crippen LogP contribution in [0.25, 0.3) is 0 Å². The Kier molecular flexibility index (Phi) is 7.83. The molecule has 0 radical (unpaired) electrons. The fraction of sp³-hybridized carbons (Fsp3) is 0.450. The molecule has 1 aliphatic heterocycles. The molecule has 2 N–H and O–H groups in total. The summed E-state index contributed by atoms with van der Waals surface area (Å²) in [6.45, 7) is 5.00. The summed E-state index contributed by atoms with van der Waals surface area (Å²) in [4.78, 5) is 13.6. The van der Waals surface area contributed by atoms with Gasteiger partial charge in [-0.2, -0.15) is 9.97 Å². The normalized spacial score (nSPS) is 13.9. The van der Waals surface area contributed by atoms with Crippen LogP contribution in [0.5, 0.6) is 5.88 Å². The number of hydrogen-bond donors (Lipinski definition) is 2. The van der Waals surface area contributed by atoms with E-state index in [-0.39, 0.29) is 0 Å². The first kappa shape index (κ1) is 21.1. The molecule has 0 unspecified atom stereocenters. The third-order valence-corrected chi connectivity index (χ3v) is 4.91. The Morgan fingerprint density at radius 3 is 2.48 bits per heavy atom. The van der Waals surface area contributed by atoms with E-state index in [2.05, 4.69) is 54.7 Å². The second kappa shape index (κ2) is 10.8. The maximum atomic E-state index is 5.36. The molecule has 29 heavy (non-hydrogen) atoms.